The van der Waals surface area contributed by atoms with E-state index < -0.39 is 0 Å². The molecule has 0 fully saturated rings. The van der Waals surface area contributed by atoms with Crippen molar-refractivity contribution in [2.45, 2.75) is 31.0 Å². The van der Waals surface area contributed by atoms with E-state index in [0.717, 1.165) is 12.2 Å². The maximum absolute atomic E-state index is 8.94. The number of nitrogens with one attached hydrogen (secondary N) is 2. The second-order valence-electron chi connectivity index (χ2n) is 3.53. The van der Waals surface area contributed by atoms with Gasteiger partial charge in [-0.25, -0.2) is 15.8 Å². The van der Waals surface area contributed by atoms with Gasteiger partial charge in [-0.15, -0.1) is 0 Å². The average Bonchev–Trinajstić information content (AvgIpc) is 2.37. The van der Waals surface area contributed by atoms with Crippen molar-refractivity contribution in [2.75, 3.05) is 23.6 Å². The van der Waals surface area contributed by atoms with Crippen LogP contribution in [0.2, 0.25) is 0 Å². The molecule has 1 unspecified atom stereocenters. The zero-order valence-electron chi connectivity index (χ0n) is 10.1. The first-order valence-corrected chi connectivity index (χ1v) is 6.73. The average molecular weight is 257 g/mol. The summed E-state index contributed by atoms with van der Waals surface area (Å²) in [5.41, 5.74) is 2.51. The van der Waals surface area contributed by atoms with Crippen LogP contribution in [-0.4, -0.2) is 34.0 Å². The van der Waals surface area contributed by atoms with Gasteiger partial charge in [-0.2, -0.15) is 0 Å². The minimum atomic E-state index is 0.161. The van der Waals surface area contributed by atoms with Gasteiger partial charge >= 0.3 is 0 Å². The molecule has 0 amide bonds. The lowest BCUT2D eigenvalue weighted by atomic mass is 10.1. The lowest BCUT2D eigenvalue weighted by Gasteiger charge is -2.17. The van der Waals surface area contributed by atoms with Crippen molar-refractivity contribution in [3.63, 3.8) is 0 Å². The number of nitrogens with two attached hydrogens (primary N) is 1. The van der Waals surface area contributed by atoms with E-state index in [2.05, 4.69) is 27.6 Å². The molecule has 0 aliphatic rings. The Morgan fingerprint density at radius 3 is 2.71 bits per heavy atom. The van der Waals surface area contributed by atoms with Crippen molar-refractivity contribution in [3.8, 4) is 0 Å². The van der Waals surface area contributed by atoms with Crippen LogP contribution >= 0.6 is 11.8 Å². The molecule has 1 atom stereocenters. The highest BCUT2D eigenvalue weighted by Gasteiger charge is 2.08. The molecule has 17 heavy (non-hydrogen) atoms. The largest absolute Gasteiger partial charge is 0.396 e. The molecule has 0 aliphatic heterocycles. The van der Waals surface area contributed by atoms with Crippen molar-refractivity contribution in [2.24, 2.45) is 5.84 Å². The molecule has 0 aliphatic carbocycles. The number of anilines is 2. The number of nitrogens with zero attached hydrogens (tertiary/aromatic N) is 2. The number of thioether (sulfide) groups is 1. The Morgan fingerprint density at radius 2 is 2.18 bits per heavy atom. The Hall–Kier alpha value is -1.05. The van der Waals surface area contributed by atoms with Gasteiger partial charge < -0.3 is 15.8 Å². The van der Waals surface area contributed by atoms with Crippen LogP contribution in [0.3, 0.4) is 0 Å². The first kappa shape index (κ1) is 14.0. The highest BCUT2D eigenvalue weighted by atomic mass is 32.2. The Bertz CT molecular complexity index is 327. The predicted octanol–water partition coefficient (Wildman–Crippen LogP) is 1.06. The monoisotopic (exact) mass is 257 g/mol. The highest BCUT2D eigenvalue weighted by molar-refractivity contribution is 7.98. The molecule has 1 heterocycles. The summed E-state index contributed by atoms with van der Waals surface area (Å²) in [4.78, 5) is 8.51. The SMILES string of the molecule is CCC(CCO)Nc1cc(NN)nc(SC)n1. The molecular formula is C10H19N5OS. The third kappa shape index (κ3) is 4.37. The summed E-state index contributed by atoms with van der Waals surface area (Å²) in [7, 11) is 0. The molecule has 0 saturated heterocycles. The van der Waals surface area contributed by atoms with E-state index in [0.29, 0.717) is 17.4 Å². The van der Waals surface area contributed by atoms with Crippen molar-refractivity contribution in [1.82, 2.24) is 9.97 Å². The van der Waals surface area contributed by atoms with Gasteiger partial charge in [0.05, 0.1) is 0 Å². The number of rotatable bonds is 7. The molecule has 0 bridgehead atoms. The maximum Gasteiger partial charge on any atom is 0.191 e. The fraction of sp³-hybridized carbons (Fsp3) is 0.600. The first-order chi connectivity index (χ1) is 8.23. The Morgan fingerprint density at radius 1 is 1.47 bits per heavy atom. The number of aromatic nitrogens is 2. The standard InChI is InChI=1S/C10H19N5OS/c1-3-7(4-5-16)12-8-6-9(15-11)14-10(13-8)17-2/h6-7,16H,3-5,11H2,1-2H3,(H2,12,13,14,15). The summed E-state index contributed by atoms with van der Waals surface area (Å²) in [6, 6.07) is 1.95. The molecule has 1 rings (SSSR count). The van der Waals surface area contributed by atoms with Gasteiger partial charge in [-0.05, 0) is 19.1 Å². The number of aliphatic hydroxyl groups excluding tert-OH is 1. The van der Waals surface area contributed by atoms with Crippen LogP contribution in [0, 0.1) is 0 Å². The Labute approximate surface area is 105 Å². The van der Waals surface area contributed by atoms with Crippen LogP contribution in [0.25, 0.3) is 0 Å². The smallest absolute Gasteiger partial charge is 0.191 e. The van der Waals surface area contributed by atoms with E-state index in [4.69, 9.17) is 10.9 Å². The van der Waals surface area contributed by atoms with Gasteiger partial charge in [0.2, 0.25) is 0 Å². The summed E-state index contributed by atoms with van der Waals surface area (Å²) >= 11 is 1.45. The molecular weight excluding hydrogens is 238 g/mol. The minimum absolute atomic E-state index is 0.161. The molecule has 0 saturated carbocycles. The van der Waals surface area contributed by atoms with Gasteiger partial charge in [0.15, 0.2) is 5.16 Å². The molecule has 1 aromatic heterocycles. The summed E-state index contributed by atoms with van der Waals surface area (Å²) in [5.74, 6) is 6.64. The quantitative estimate of drug-likeness (QED) is 0.251. The van der Waals surface area contributed by atoms with Gasteiger partial charge in [0.25, 0.3) is 0 Å². The number of aliphatic hydroxyl groups is 1. The van der Waals surface area contributed by atoms with E-state index in [1.807, 2.05) is 6.26 Å². The second-order valence-corrected chi connectivity index (χ2v) is 4.30. The lowest BCUT2D eigenvalue weighted by molar-refractivity contribution is 0.278. The van der Waals surface area contributed by atoms with E-state index in [9.17, 15) is 0 Å². The number of hydrazine groups is 1. The third-order valence-corrected chi connectivity index (χ3v) is 2.91. The zero-order valence-corrected chi connectivity index (χ0v) is 10.9. The maximum atomic E-state index is 8.94. The topological polar surface area (TPSA) is 96.1 Å². The fourth-order valence-electron chi connectivity index (χ4n) is 1.41. The van der Waals surface area contributed by atoms with E-state index in [-0.39, 0.29) is 12.6 Å². The van der Waals surface area contributed by atoms with Crippen LogP contribution in [0.1, 0.15) is 19.8 Å². The minimum Gasteiger partial charge on any atom is -0.396 e. The Kier molecular flexibility index (Phi) is 6.03. The van der Waals surface area contributed by atoms with E-state index >= 15 is 0 Å². The normalized spacial score (nSPS) is 12.2. The molecule has 0 spiro atoms. The summed E-state index contributed by atoms with van der Waals surface area (Å²) in [6.07, 6.45) is 3.52. The predicted molar refractivity (Wildman–Crippen MR) is 71.0 cm³/mol. The van der Waals surface area contributed by atoms with Crippen LogP contribution in [-0.2, 0) is 0 Å². The van der Waals surface area contributed by atoms with Gasteiger partial charge in [-0.1, -0.05) is 18.7 Å². The van der Waals surface area contributed by atoms with Crippen molar-refractivity contribution < 1.29 is 5.11 Å². The zero-order chi connectivity index (χ0) is 12.7. The van der Waals surface area contributed by atoms with Crippen LogP contribution in [0.15, 0.2) is 11.2 Å². The second kappa shape index (κ2) is 7.31. The molecule has 0 radical (unpaired) electrons. The molecule has 7 heteroatoms. The first-order valence-electron chi connectivity index (χ1n) is 5.50. The highest BCUT2D eigenvalue weighted by Crippen LogP contribution is 2.18. The third-order valence-electron chi connectivity index (χ3n) is 2.36. The summed E-state index contributed by atoms with van der Waals surface area (Å²) in [5, 5.41) is 12.9. The van der Waals surface area contributed by atoms with Gasteiger partial charge in [-0.3, -0.25) is 0 Å². The van der Waals surface area contributed by atoms with E-state index in [1.54, 1.807) is 6.07 Å². The molecule has 1 aromatic rings. The molecule has 0 aromatic carbocycles. The molecule has 6 nitrogen and oxygen atoms in total. The Balaban J connectivity index is 2.81. The summed E-state index contributed by atoms with van der Waals surface area (Å²) in [6.45, 7) is 2.22. The van der Waals surface area contributed by atoms with Crippen molar-refractivity contribution in [1.29, 1.82) is 0 Å². The van der Waals surface area contributed by atoms with Gasteiger partial charge in [0, 0.05) is 18.7 Å². The van der Waals surface area contributed by atoms with E-state index in [1.165, 1.54) is 11.8 Å². The van der Waals surface area contributed by atoms with Crippen molar-refractivity contribution >= 4 is 23.4 Å². The van der Waals surface area contributed by atoms with Crippen LogP contribution in [0.5, 0.6) is 0 Å². The van der Waals surface area contributed by atoms with Gasteiger partial charge in [0.1, 0.15) is 11.6 Å². The molecule has 96 valence electrons. The number of hydrogen-bond donors (Lipinski definition) is 4. The lowest BCUT2D eigenvalue weighted by Crippen LogP contribution is -2.21. The number of nitrogen functional groups attached to an aromatic ring is 1. The van der Waals surface area contributed by atoms with Crippen LogP contribution < -0.4 is 16.6 Å². The van der Waals surface area contributed by atoms with Crippen LogP contribution in [0.4, 0.5) is 11.6 Å². The molecule has 5 N–H and O–H groups in total. The number of hydrogen-bond acceptors (Lipinski definition) is 7. The fourth-order valence-corrected chi connectivity index (χ4v) is 1.79. The summed E-state index contributed by atoms with van der Waals surface area (Å²) < 4.78 is 0. The van der Waals surface area contributed by atoms with Crippen molar-refractivity contribution in [3.05, 3.63) is 6.07 Å².